The highest BCUT2D eigenvalue weighted by atomic mass is 31.2. The van der Waals surface area contributed by atoms with Crippen LogP contribution in [0.5, 0.6) is 0 Å². The standard InChI is InChI=1S/C59H121N2O6P/c1-6-8-10-12-14-15-16-17-18-19-20-21-22-23-24-25-26-27-28-29-30-31-32-33-34-35-36-37-38-39-40-41-42-43-44-45-47-49-51-53-59(63)60-57(58(62)52-50-48-46-13-11-9-7-2)56-67-68(64,65)66-55-54-61(3,4)5/h57-58,62H,6-56H2,1-5H3,(H-,60,63,64,65)/p+1. The van der Waals surface area contributed by atoms with Gasteiger partial charge < -0.3 is 19.8 Å². The minimum absolute atomic E-state index is 0.0781. The van der Waals surface area contributed by atoms with Crippen LogP contribution in [-0.2, 0) is 18.4 Å². The van der Waals surface area contributed by atoms with Gasteiger partial charge in [0, 0.05) is 6.42 Å². The number of likely N-dealkylation sites (N-methyl/N-ethyl adjacent to an activating group) is 1. The van der Waals surface area contributed by atoms with Crippen molar-refractivity contribution in [1.82, 2.24) is 5.32 Å². The van der Waals surface area contributed by atoms with Crippen molar-refractivity contribution in [3.63, 3.8) is 0 Å². The van der Waals surface area contributed by atoms with Crippen LogP contribution in [0.3, 0.4) is 0 Å². The van der Waals surface area contributed by atoms with E-state index in [-0.39, 0.29) is 19.1 Å². The van der Waals surface area contributed by atoms with Gasteiger partial charge in [0.05, 0.1) is 39.9 Å². The molecule has 0 bridgehead atoms. The SMILES string of the molecule is CCCCCCCCCCCCCCCCCCCCCCCCCCCCCCCCCCCCCCCCCC(=O)NC(COP(=O)(O)OCC[N+](C)(C)C)C(O)CCCCCCCCC. The first-order chi connectivity index (χ1) is 33.0. The number of nitrogens with zero attached hydrogens (tertiary/aromatic N) is 1. The van der Waals surface area contributed by atoms with Crippen molar-refractivity contribution in [1.29, 1.82) is 0 Å². The first-order valence-corrected chi connectivity index (χ1v) is 31.9. The molecule has 408 valence electrons. The van der Waals surface area contributed by atoms with Crippen LogP contribution in [0, 0.1) is 0 Å². The molecule has 0 saturated heterocycles. The molecule has 0 aromatic rings. The van der Waals surface area contributed by atoms with Crippen LogP contribution in [0.25, 0.3) is 0 Å². The molecule has 0 aliphatic rings. The summed E-state index contributed by atoms with van der Waals surface area (Å²) in [6, 6.07) is -0.752. The summed E-state index contributed by atoms with van der Waals surface area (Å²) in [5.41, 5.74) is 0. The van der Waals surface area contributed by atoms with Gasteiger partial charge in [0.2, 0.25) is 5.91 Å². The molecule has 0 aromatic heterocycles. The third kappa shape index (κ3) is 53.3. The molecule has 0 aliphatic heterocycles. The predicted molar refractivity (Wildman–Crippen MR) is 296 cm³/mol. The Labute approximate surface area is 425 Å². The molecule has 1 amide bonds. The number of hydrogen-bond acceptors (Lipinski definition) is 5. The summed E-state index contributed by atoms with van der Waals surface area (Å²) in [5, 5.41) is 13.9. The molecule has 0 aliphatic carbocycles. The average molecular weight is 987 g/mol. The zero-order chi connectivity index (χ0) is 49.9. The quantitative estimate of drug-likeness (QED) is 0.0319. The fraction of sp³-hybridized carbons (Fsp3) is 0.983. The highest BCUT2D eigenvalue weighted by Crippen LogP contribution is 2.43. The maximum Gasteiger partial charge on any atom is 0.472 e. The lowest BCUT2D eigenvalue weighted by Crippen LogP contribution is -2.46. The Morgan fingerprint density at radius 1 is 0.441 bits per heavy atom. The van der Waals surface area contributed by atoms with E-state index in [2.05, 4.69) is 19.2 Å². The zero-order valence-corrected chi connectivity index (χ0v) is 47.5. The van der Waals surface area contributed by atoms with Crippen LogP contribution in [0.4, 0.5) is 0 Å². The van der Waals surface area contributed by atoms with E-state index >= 15 is 0 Å². The third-order valence-corrected chi connectivity index (χ3v) is 15.3. The molecule has 0 radical (unpaired) electrons. The van der Waals surface area contributed by atoms with Gasteiger partial charge in [0.15, 0.2) is 0 Å². The van der Waals surface area contributed by atoms with Gasteiger partial charge in [0.1, 0.15) is 13.2 Å². The van der Waals surface area contributed by atoms with E-state index in [1.165, 1.54) is 257 Å². The molecule has 3 atom stereocenters. The van der Waals surface area contributed by atoms with E-state index in [0.29, 0.717) is 23.9 Å². The number of phosphoric acid groups is 1. The number of aliphatic hydroxyl groups is 1. The number of carbonyl (C=O) groups is 1. The lowest BCUT2D eigenvalue weighted by atomic mass is 10.0. The maximum atomic E-state index is 12.9. The molecule has 3 N–H and O–H groups in total. The van der Waals surface area contributed by atoms with Crippen molar-refractivity contribution >= 4 is 13.7 Å². The molecule has 0 saturated carbocycles. The van der Waals surface area contributed by atoms with Crippen LogP contribution >= 0.6 is 7.82 Å². The van der Waals surface area contributed by atoms with Crippen molar-refractivity contribution in [3.8, 4) is 0 Å². The summed E-state index contributed by atoms with van der Waals surface area (Å²) >= 11 is 0. The topological polar surface area (TPSA) is 105 Å². The van der Waals surface area contributed by atoms with E-state index in [1.54, 1.807) is 0 Å². The lowest BCUT2D eigenvalue weighted by molar-refractivity contribution is -0.870. The van der Waals surface area contributed by atoms with Crippen LogP contribution in [0.2, 0.25) is 0 Å². The first kappa shape index (κ1) is 67.5. The van der Waals surface area contributed by atoms with Crippen molar-refractivity contribution in [2.75, 3.05) is 40.9 Å². The maximum absolute atomic E-state index is 12.9. The van der Waals surface area contributed by atoms with Gasteiger partial charge in [-0.05, 0) is 12.8 Å². The van der Waals surface area contributed by atoms with Gasteiger partial charge in [0.25, 0.3) is 0 Å². The number of hydrogen-bond donors (Lipinski definition) is 3. The first-order valence-electron chi connectivity index (χ1n) is 30.4. The summed E-state index contributed by atoms with van der Waals surface area (Å²) in [6.07, 6.45) is 62.4. The van der Waals surface area contributed by atoms with E-state index in [1.807, 2.05) is 21.1 Å². The Kier molecular flexibility index (Phi) is 51.0. The minimum Gasteiger partial charge on any atom is -0.391 e. The fourth-order valence-corrected chi connectivity index (χ4v) is 10.3. The molecule has 68 heavy (non-hydrogen) atoms. The summed E-state index contributed by atoms with van der Waals surface area (Å²) in [5.74, 6) is -0.141. The fourth-order valence-electron chi connectivity index (χ4n) is 9.58. The molecule has 0 fully saturated rings. The Hall–Kier alpha value is -0.500. The van der Waals surface area contributed by atoms with Crippen molar-refractivity contribution in [2.45, 2.75) is 334 Å². The second kappa shape index (κ2) is 51.4. The molecular formula is C59H122N2O6P+. The number of amides is 1. The van der Waals surface area contributed by atoms with E-state index in [4.69, 9.17) is 9.05 Å². The minimum atomic E-state index is -4.30. The molecule has 9 heteroatoms. The average Bonchev–Trinajstić information content (AvgIpc) is 3.30. The van der Waals surface area contributed by atoms with Crippen molar-refractivity contribution < 1.29 is 32.9 Å². The zero-order valence-electron chi connectivity index (χ0n) is 46.6. The van der Waals surface area contributed by atoms with Gasteiger partial charge in [-0.3, -0.25) is 13.8 Å². The Morgan fingerprint density at radius 3 is 0.985 bits per heavy atom. The van der Waals surface area contributed by atoms with Gasteiger partial charge in [-0.1, -0.05) is 303 Å². The van der Waals surface area contributed by atoms with Gasteiger partial charge in [-0.25, -0.2) is 4.57 Å². The van der Waals surface area contributed by atoms with Gasteiger partial charge in [-0.15, -0.1) is 0 Å². The smallest absolute Gasteiger partial charge is 0.391 e. The monoisotopic (exact) mass is 986 g/mol. The third-order valence-electron chi connectivity index (χ3n) is 14.4. The molecular weight excluding hydrogens is 864 g/mol. The largest absolute Gasteiger partial charge is 0.472 e. The number of aliphatic hydroxyl groups excluding tert-OH is 1. The molecule has 3 unspecified atom stereocenters. The summed E-state index contributed by atoms with van der Waals surface area (Å²) in [6.45, 7) is 4.88. The summed E-state index contributed by atoms with van der Waals surface area (Å²) < 4.78 is 23.6. The lowest BCUT2D eigenvalue weighted by Gasteiger charge is -2.26. The van der Waals surface area contributed by atoms with Crippen molar-refractivity contribution in [2.24, 2.45) is 0 Å². The number of rotatable bonds is 57. The number of quaternary nitrogens is 1. The number of phosphoric ester groups is 1. The number of unbranched alkanes of at least 4 members (excludes halogenated alkanes) is 44. The second-order valence-electron chi connectivity index (χ2n) is 22.4. The Morgan fingerprint density at radius 2 is 0.706 bits per heavy atom. The Bertz CT molecular complexity index is 1070. The molecule has 0 aromatic carbocycles. The van der Waals surface area contributed by atoms with Crippen molar-refractivity contribution in [3.05, 3.63) is 0 Å². The van der Waals surface area contributed by atoms with E-state index in [0.717, 1.165) is 38.5 Å². The number of nitrogens with one attached hydrogen (secondary N) is 1. The molecule has 0 heterocycles. The number of carbonyl (C=O) groups excluding carboxylic acids is 1. The van der Waals surface area contributed by atoms with Crippen LogP contribution in [0.15, 0.2) is 0 Å². The van der Waals surface area contributed by atoms with Crippen LogP contribution in [-0.4, -0.2) is 73.4 Å². The Balaban J connectivity index is 3.67. The molecule has 8 nitrogen and oxygen atoms in total. The highest BCUT2D eigenvalue weighted by molar-refractivity contribution is 7.47. The van der Waals surface area contributed by atoms with E-state index < -0.39 is 20.0 Å². The predicted octanol–water partition coefficient (Wildman–Crippen LogP) is 18.4. The van der Waals surface area contributed by atoms with Gasteiger partial charge >= 0.3 is 7.82 Å². The van der Waals surface area contributed by atoms with Crippen LogP contribution in [0.1, 0.15) is 322 Å². The summed E-state index contributed by atoms with van der Waals surface area (Å²) in [4.78, 5) is 23.1. The van der Waals surface area contributed by atoms with E-state index in [9.17, 15) is 19.4 Å². The molecule has 0 rings (SSSR count). The highest BCUT2D eigenvalue weighted by Gasteiger charge is 2.28. The van der Waals surface area contributed by atoms with Gasteiger partial charge in [-0.2, -0.15) is 0 Å². The summed E-state index contributed by atoms with van der Waals surface area (Å²) in [7, 11) is 1.63. The molecule has 0 spiro atoms. The van der Waals surface area contributed by atoms with Crippen LogP contribution < -0.4 is 5.32 Å². The normalized spacial score (nSPS) is 13.8. The second-order valence-corrected chi connectivity index (χ2v) is 23.9.